The second-order valence-corrected chi connectivity index (χ2v) is 6.85. The maximum atomic E-state index is 10.7. The van der Waals surface area contributed by atoms with Crippen molar-refractivity contribution in [1.82, 2.24) is 15.0 Å². The van der Waals surface area contributed by atoms with Crippen molar-refractivity contribution in [3.05, 3.63) is 83.8 Å². The first kappa shape index (κ1) is 18.1. The minimum absolute atomic E-state index is 0.363. The number of benzene rings is 2. The van der Waals surface area contributed by atoms with Gasteiger partial charge in [-0.2, -0.15) is 0 Å². The molecule has 0 aliphatic carbocycles. The fourth-order valence-electron chi connectivity index (χ4n) is 3.15. The Bertz CT molecular complexity index is 1110. The molecule has 2 aromatic carbocycles. The number of pyridine rings is 1. The quantitative estimate of drug-likeness (QED) is 0.543. The number of nitrogens with one attached hydrogen (secondary N) is 1. The molecule has 0 saturated heterocycles. The maximum absolute atomic E-state index is 10.7. The molecule has 0 fully saturated rings. The normalized spacial score (nSPS) is 12.1. The molecule has 28 heavy (non-hydrogen) atoms. The van der Waals surface area contributed by atoms with Gasteiger partial charge in [0.25, 0.3) is 0 Å². The zero-order valence-corrected chi connectivity index (χ0v) is 15.9. The second-order valence-electron chi connectivity index (χ2n) is 6.85. The summed E-state index contributed by atoms with van der Waals surface area (Å²) in [7, 11) is 0. The SMILES string of the molecule is Cc1nc(-c2cccnc2)nc(NCC(O)c2ccc3ccccc3c2)c1C. The van der Waals surface area contributed by atoms with Crippen LogP contribution in [0.1, 0.15) is 22.9 Å². The van der Waals surface area contributed by atoms with E-state index in [9.17, 15) is 5.11 Å². The zero-order valence-electron chi connectivity index (χ0n) is 15.9. The third-order valence-electron chi connectivity index (χ3n) is 4.93. The number of nitrogens with zero attached hydrogens (tertiary/aromatic N) is 3. The Morgan fingerprint density at radius 1 is 0.964 bits per heavy atom. The van der Waals surface area contributed by atoms with Crippen LogP contribution >= 0.6 is 0 Å². The van der Waals surface area contributed by atoms with E-state index in [1.165, 1.54) is 0 Å². The molecule has 4 aromatic rings. The van der Waals surface area contributed by atoms with Crippen LogP contribution in [0.2, 0.25) is 0 Å². The lowest BCUT2D eigenvalue weighted by atomic mass is 10.0. The highest BCUT2D eigenvalue weighted by Crippen LogP contribution is 2.24. The molecule has 5 nitrogen and oxygen atoms in total. The highest BCUT2D eigenvalue weighted by Gasteiger charge is 2.13. The van der Waals surface area contributed by atoms with Gasteiger partial charge in [0, 0.05) is 35.8 Å². The monoisotopic (exact) mass is 370 g/mol. The summed E-state index contributed by atoms with van der Waals surface area (Å²) in [5, 5.41) is 16.2. The summed E-state index contributed by atoms with van der Waals surface area (Å²) in [4.78, 5) is 13.4. The van der Waals surface area contributed by atoms with Crippen LogP contribution in [0.5, 0.6) is 0 Å². The number of aliphatic hydroxyl groups is 1. The number of aliphatic hydroxyl groups excluding tert-OH is 1. The molecule has 0 spiro atoms. The minimum Gasteiger partial charge on any atom is -0.387 e. The fraction of sp³-hybridized carbons (Fsp3) is 0.174. The molecule has 0 amide bonds. The van der Waals surface area contributed by atoms with Crippen molar-refractivity contribution in [2.45, 2.75) is 20.0 Å². The van der Waals surface area contributed by atoms with Crippen LogP contribution in [-0.2, 0) is 0 Å². The van der Waals surface area contributed by atoms with Gasteiger partial charge in [-0.25, -0.2) is 9.97 Å². The van der Waals surface area contributed by atoms with Crippen LogP contribution < -0.4 is 5.32 Å². The van der Waals surface area contributed by atoms with Crippen molar-refractivity contribution in [1.29, 1.82) is 0 Å². The molecule has 140 valence electrons. The third-order valence-corrected chi connectivity index (χ3v) is 4.93. The predicted molar refractivity (Wildman–Crippen MR) is 112 cm³/mol. The van der Waals surface area contributed by atoms with Crippen molar-refractivity contribution < 1.29 is 5.11 Å². The van der Waals surface area contributed by atoms with Crippen molar-refractivity contribution in [2.24, 2.45) is 0 Å². The van der Waals surface area contributed by atoms with Crippen LogP contribution in [0.25, 0.3) is 22.2 Å². The molecule has 0 bridgehead atoms. The van der Waals surface area contributed by atoms with Crippen molar-refractivity contribution in [2.75, 3.05) is 11.9 Å². The lowest BCUT2D eigenvalue weighted by molar-refractivity contribution is 0.191. The summed E-state index contributed by atoms with van der Waals surface area (Å²) in [5.74, 6) is 1.35. The topological polar surface area (TPSA) is 70.9 Å². The molecule has 0 aliphatic rings. The number of hydrogen-bond donors (Lipinski definition) is 2. The Hall–Kier alpha value is -3.31. The van der Waals surface area contributed by atoms with Gasteiger partial charge < -0.3 is 10.4 Å². The molecule has 1 atom stereocenters. The Labute approximate surface area is 164 Å². The van der Waals surface area contributed by atoms with E-state index >= 15 is 0 Å². The van der Waals surface area contributed by atoms with Crippen molar-refractivity contribution in [3.63, 3.8) is 0 Å². The summed E-state index contributed by atoms with van der Waals surface area (Å²) in [5.41, 5.74) is 3.61. The maximum Gasteiger partial charge on any atom is 0.163 e. The van der Waals surface area contributed by atoms with Crippen LogP contribution in [0, 0.1) is 13.8 Å². The molecule has 2 aromatic heterocycles. The lowest BCUT2D eigenvalue weighted by Gasteiger charge is -2.16. The number of fused-ring (bicyclic) bond motifs is 1. The summed E-state index contributed by atoms with van der Waals surface area (Å²) >= 11 is 0. The molecule has 4 rings (SSSR count). The van der Waals surface area contributed by atoms with Crippen LogP contribution in [-0.4, -0.2) is 26.6 Å². The van der Waals surface area contributed by atoms with Gasteiger partial charge in [0.2, 0.25) is 0 Å². The smallest absolute Gasteiger partial charge is 0.163 e. The number of aryl methyl sites for hydroxylation is 1. The molecule has 5 heteroatoms. The van der Waals surface area contributed by atoms with E-state index in [2.05, 4.69) is 32.4 Å². The van der Waals surface area contributed by atoms with Gasteiger partial charge in [0.1, 0.15) is 5.82 Å². The average molecular weight is 370 g/mol. The molecule has 0 saturated carbocycles. The van der Waals surface area contributed by atoms with Crippen molar-refractivity contribution in [3.8, 4) is 11.4 Å². The summed E-state index contributed by atoms with van der Waals surface area (Å²) in [6, 6.07) is 18.0. The van der Waals surface area contributed by atoms with Gasteiger partial charge in [0.05, 0.1) is 6.10 Å². The highest BCUT2D eigenvalue weighted by molar-refractivity contribution is 5.83. The minimum atomic E-state index is -0.638. The van der Waals surface area contributed by atoms with Gasteiger partial charge >= 0.3 is 0 Å². The number of hydrogen-bond acceptors (Lipinski definition) is 5. The van der Waals surface area contributed by atoms with E-state index in [0.717, 1.165) is 39.0 Å². The number of anilines is 1. The lowest BCUT2D eigenvalue weighted by Crippen LogP contribution is -2.15. The van der Waals surface area contributed by atoms with E-state index in [4.69, 9.17) is 0 Å². The van der Waals surface area contributed by atoms with Gasteiger partial charge in [-0.3, -0.25) is 4.98 Å². The first-order valence-electron chi connectivity index (χ1n) is 9.28. The first-order chi connectivity index (χ1) is 13.6. The van der Waals surface area contributed by atoms with Gasteiger partial charge in [-0.05, 0) is 48.4 Å². The van der Waals surface area contributed by atoms with Gasteiger partial charge in [0.15, 0.2) is 5.82 Å². The molecule has 2 heterocycles. The summed E-state index contributed by atoms with van der Waals surface area (Å²) in [6.45, 7) is 4.30. The second kappa shape index (κ2) is 7.74. The highest BCUT2D eigenvalue weighted by atomic mass is 16.3. The van der Waals surface area contributed by atoms with E-state index in [1.54, 1.807) is 12.4 Å². The summed E-state index contributed by atoms with van der Waals surface area (Å²) in [6.07, 6.45) is 2.84. The van der Waals surface area contributed by atoms with E-state index in [0.29, 0.717) is 12.4 Å². The Morgan fingerprint density at radius 2 is 1.79 bits per heavy atom. The number of aromatic nitrogens is 3. The fourth-order valence-corrected chi connectivity index (χ4v) is 3.15. The van der Waals surface area contributed by atoms with Crippen LogP contribution in [0.4, 0.5) is 5.82 Å². The zero-order chi connectivity index (χ0) is 19.5. The Morgan fingerprint density at radius 3 is 2.57 bits per heavy atom. The molecule has 2 N–H and O–H groups in total. The predicted octanol–water partition coefficient (Wildman–Crippen LogP) is 4.45. The van der Waals surface area contributed by atoms with E-state index in [-0.39, 0.29) is 0 Å². The van der Waals surface area contributed by atoms with Crippen LogP contribution in [0.15, 0.2) is 67.0 Å². The van der Waals surface area contributed by atoms with Crippen molar-refractivity contribution >= 4 is 16.6 Å². The molecule has 0 radical (unpaired) electrons. The molecule has 1 unspecified atom stereocenters. The summed E-state index contributed by atoms with van der Waals surface area (Å²) < 4.78 is 0. The Balaban J connectivity index is 1.55. The molecular weight excluding hydrogens is 348 g/mol. The molecular formula is C23H22N4O. The van der Waals surface area contributed by atoms with E-state index in [1.807, 2.05) is 56.3 Å². The van der Waals surface area contributed by atoms with Crippen LogP contribution in [0.3, 0.4) is 0 Å². The largest absolute Gasteiger partial charge is 0.387 e. The average Bonchev–Trinajstić information content (AvgIpc) is 2.74. The third kappa shape index (κ3) is 3.70. The molecule has 0 aliphatic heterocycles. The van der Waals surface area contributed by atoms with Gasteiger partial charge in [-0.15, -0.1) is 0 Å². The van der Waals surface area contributed by atoms with Gasteiger partial charge in [-0.1, -0.05) is 36.4 Å². The standard InChI is InChI=1S/C23H22N4O/c1-15-16(2)26-23(20-8-5-11-24-13-20)27-22(15)25-14-21(28)19-10-9-17-6-3-4-7-18(17)12-19/h3-13,21,28H,14H2,1-2H3,(H,25,26,27). The Kier molecular flexibility index (Phi) is 5.00. The first-order valence-corrected chi connectivity index (χ1v) is 9.28. The van der Waals surface area contributed by atoms with E-state index < -0.39 is 6.10 Å². The number of rotatable bonds is 5.